The average Bonchev–Trinajstić information content (AvgIpc) is 2.97. The Bertz CT molecular complexity index is 427. The lowest BCUT2D eigenvalue weighted by molar-refractivity contribution is -0.141. The SMILES string of the molecule is N#CC1(c2ccnc(C(F)(F)F)c2)CC1. The van der Waals surface area contributed by atoms with E-state index in [2.05, 4.69) is 11.1 Å². The van der Waals surface area contributed by atoms with Crippen LogP contribution in [-0.2, 0) is 11.6 Å². The normalized spacial score (nSPS) is 18.3. The predicted octanol–water partition coefficient (Wildman–Crippen LogP) is 2.66. The molecule has 0 atom stereocenters. The Kier molecular flexibility index (Phi) is 1.97. The Morgan fingerprint density at radius 3 is 2.53 bits per heavy atom. The Morgan fingerprint density at radius 1 is 1.40 bits per heavy atom. The van der Waals surface area contributed by atoms with Crippen molar-refractivity contribution in [3.63, 3.8) is 0 Å². The number of alkyl halides is 3. The molecule has 0 N–H and O–H groups in total. The summed E-state index contributed by atoms with van der Waals surface area (Å²) in [6.45, 7) is 0. The molecule has 0 bridgehead atoms. The minimum Gasteiger partial charge on any atom is -0.252 e. The predicted molar refractivity (Wildman–Crippen MR) is 45.8 cm³/mol. The van der Waals surface area contributed by atoms with E-state index in [-0.39, 0.29) is 0 Å². The average molecular weight is 212 g/mol. The van der Waals surface area contributed by atoms with Crippen molar-refractivity contribution in [3.05, 3.63) is 29.6 Å². The highest BCUT2D eigenvalue weighted by Gasteiger charge is 2.46. The summed E-state index contributed by atoms with van der Waals surface area (Å²) in [6.07, 6.45) is -2.08. The Morgan fingerprint density at radius 2 is 2.07 bits per heavy atom. The monoisotopic (exact) mass is 212 g/mol. The van der Waals surface area contributed by atoms with E-state index in [1.54, 1.807) is 0 Å². The van der Waals surface area contributed by atoms with Crippen molar-refractivity contribution < 1.29 is 13.2 Å². The molecular weight excluding hydrogens is 205 g/mol. The zero-order chi connectivity index (χ0) is 11.1. The third-order valence-corrected chi connectivity index (χ3v) is 2.57. The van der Waals surface area contributed by atoms with E-state index < -0.39 is 17.3 Å². The fraction of sp³-hybridized carbons (Fsp3) is 0.400. The molecule has 1 fully saturated rings. The summed E-state index contributed by atoms with van der Waals surface area (Å²) in [4.78, 5) is 3.25. The molecule has 1 aliphatic rings. The Hall–Kier alpha value is -1.57. The van der Waals surface area contributed by atoms with Crippen molar-refractivity contribution in [2.45, 2.75) is 24.4 Å². The van der Waals surface area contributed by atoms with Crippen LogP contribution in [0, 0.1) is 11.3 Å². The zero-order valence-electron chi connectivity index (χ0n) is 7.67. The van der Waals surface area contributed by atoms with Gasteiger partial charge in [0.15, 0.2) is 0 Å². The second-order valence-electron chi connectivity index (χ2n) is 3.62. The van der Waals surface area contributed by atoms with Gasteiger partial charge in [-0.25, -0.2) is 0 Å². The summed E-state index contributed by atoms with van der Waals surface area (Å²) < 4.78 is 37.0. The van der Waals surface area contributed by atoms with Crippen LogP contribution in [0.15, 0.2) is 18.3 Å². The van der Waals surface area contributed by atoms with Gasteiger partial charge >= 0.3 is 6.18 Å². The standard InChI is InChI=1S/C10H7F3N2/c11-10(12,13)8-5-7(1-4-15-8)9(6-14)2-3-9/h1,4-5H,2-3H2. The summed E-state index contributed by atoms with van der Waals surface area (Å²) in [5.41, 5.74) is -1.20. The highest BCUT2D eigenvalue weighted by atomic mass is 19.4. The van der Waals surface area contributed by atoms with Gasteiger partial charge in [0, 0.05) is 6.20 Å². The van der Waals surface area contributed by atoms with Crippen LogP contribution in [0.4, 0.5) is 13.2 Å². The van der Waals surface area contributed by atoms with Gasteiger partial charge in [0.2, 0.25) is 0 Å². The van der Waals surface area contributed by atoms with Crippen LogP contribution in [0.2, 0.25) is 0 Å². The fourth-order valence-corrected chi connectivity index (χ4v) is 1.47. The van der Waals surface area contributed by atoms with Crippen LogP contribution in [0.25, 0.3) is 0 Å². The lowest BCUT2D eigenvalue weighted by Gasteiger charge is -2.09. The van der Waals surface area contributed by atoms with Gasteiger partial charge < -0.3 is 0 Å². The number of aromatic nitrogens is 1. The van der Waals surface area contributed by atoms with Crippen LogP contribution in [0.3, 0.4) is 0 Å². The molecule has 1 heterocycles. The first-order chi connectivity index (χ1) is 6.98. The molecule has 5 heteroatoms. The molecule has 0 spiro atoms. The molecule has 1 aromatic heterocycles. The van der Waals surface area contributed by atoms with E-state index >= 15 is 0 Å². The summed E-state index contributed by atoms with van der Waals surface area (Å²) >= 11 is 0. The second kappa shape index (κ2) is 2.96. The lowest BCUT2D eigenvalue weighted by Crippen LogP contribution is -2.11. The van der Waals surface area contributed by atoms with Gasteiger partial charge in [-0.1, -0.05) is 0 Å². The van der Waals surface area contributed by atoms with E-state index in [1.807, 2.05) is 0 Å². The molecule has 0 aliphatic heterocycles. The van der Waals surface area contributed by atoms with Crippen molar-refractivity contribution in [1.82, 2.24) is 4.98 Å². The molecule has 2 rings (SSSR count). The first-order valence-corrected chi connectivity index (χ1v) is 4.43. The molecule has 1 aliphatic carbocycles. The van der Waals surface area contributed by atoms with Crippen molar-refractivity contribution >= 4 is 0 Å². The zero-order valence-corrected chi connectivity index (χ0v) is 7.67. The fourth-order valence-electron chi connectivity index (χ4n) is 1.47. The minimum atomic E-state index is -4.44. The molecule has 0 amide bonds. The number of hydrogen-bond donors (Lipinski definition) is 0. The topological polar surface area (TPSA) is 36.7 Å². The quantitative estimate of drug-likeness (QED) is 0.717. The first kappa shape index (κ1) is 9.97. The maximum absolute atomic E-state index is 12.3. The molecule has 0 unspecified atom stereocenters. The Labute approximate surface area is 84.4 Å². The van der Waals surface area contributed by atoms with Gasteiger partial charge in [0.1, 0.15) is 5.69 Å². The number of hydrogen-bond acceptors (Lipinski definition) is 2. The number of pyridine rings is 1. The van der Waals surface area contributed by atoms with E-state index in [9.17, 15) is 13.2 Å². The van der Waals surface area contributed by atoms with Crippen molar-refractivity contribution in [2.24, 2.45) is 0 Å². The van der Waals surface area contributed by atoms with E-state index in [0.29, 0.717) is 18.4 Å². The summed E-state index contributed by atoms with van der Waals surface area (Å²) in [5.74, 6) is 0. The molecule has 78 valence electrons. The van der Waals surface area contributed by atoms with Gasteiger partial charge in [-0.3, -0.25) is 4.98 Å². The molecule has 0 saturated heterocycles. The third kappa shape index (κ3) is 1.67. The van der Waals surface area contributed by atoms with Gasteiger partial charge in [-0.15, -0.1) is 0 Å². The molecule has 0 aromatic carbocycles. The first-order valence-electron chi connectivity index (χ1n) is 4.43. The Balaban J connectivity index is 2.41. The third-order valence-electron chi connectivity index (χ3n) is 2.57. The maximum atomic E-state index is 12.3. The highest BCUT2D eigenvalue weighted by Crippen LogP contribution is 2.48. The lowest BCUT2D eigenvalue weighted by atomic mass is 9.98. The van der Waals surface area contributed by atoms with Crippen molar-refractivity contribution in [3.8, 4) is 6.07 Å². The smallest absolute Gasteiger partial charge is 0.252 e. The maximum Gasteiger partial charge on any atom is 0.433 e. The summed E-state index contributed by atoms with van der Waals surface area (Å²) in [5, 5.41) is 8.85. The van der Waals surface area contributed by atoms with Crippen molar-refractivity contribution in [1.29, 1.82) is 5.26 Å². The van der Waals surface area contributed by atoms with Gasteiger partial charge in [-0.05, 0) is 30.5 Å². The van der Waals surface area contributed by atoms with Crippen LogP contribution < -0.4 is 0 Å². The van der Waals surface area contributed by atoms with E-state index in [0.717, 1.165) is 12.3 Å². The molecule has 2 nitrogen and oxygen atoms in total. The van der Waals surface area contributed by atoms with Gasteiger partial charge in [-0.2, -0.15) is 18.4 Å². The molecule has 1 saturated carbocycles. The van der Waals surface area contributed by atoms with E-state index in [1.165, 1.54) is 6.07 Å². The highest BCUT2D eigenvalue weighted by molar-refractivity contribution is 5.39. The minimum absolute atomic E-state index is 0.423. The van der Waals surface area contributed by atoms with Crippen LogP contribution in [0.5, 0.6) is 0 Å². The molecule has 1 aromatic rings. The van der Waals surface area contributed by atoms with Crippen molar-refractivity contribution in [2.75, 3.05) is 0 Å². The molecule has 15 heavy (non-hydrogen) atoms. The summed E-state index contributed by atoms with van der Waals surface area (Å²) in [6, 6.07) is 4.50. The van der Waals surface area contributed by atoms with Gasteiger partial charge in [0.25, 0.3) is 0 Å². The van der Waals surface area contributed by atoms with Crippen LogP contribution in [-0.4, -0.2) is 4.98 Å². The molecular formula is C10H7F3N2. The van der Waals surface area contributed by atoms with Gasteiger partial charge in [0.05, 0.1) is 11.5 Å². The number of rotatable bonds is 1. The molecule has 0 radical (unpaired) electrons. The second-order valence-corrected chi connectivity index (χ2v) is 3.62. The van der Waals surface area contributed by atoms with Crippen LogP contribution >= 0.6 is 0 Å². The van der Waals surface area contributed by atoms with Crippen LogP contribution in [0.1, 0.15) is 24.1 Å². The largest absolute Gasteiger partial charge is 0.433 e. The summed E-state index contributed by atoms with van der Waals surface area (Å²) in [7, 11) is 0. The number of halogens is 3. The number of nitriles is 1. The van der Waals surface area contributed by atoms with E-state index in [4.69, 9.17) is 5.26 Å². The number of nitrogens with zero attached hydrogens (tertiary/aromatic N) is 2.